The average molecular weight is 460 g/mol. The normalized spacial score (nSPS) is 10.7. The number of allylic oxidation sites excluding steroid dienone is 2. The zero-order valence-corrected chi connectivity index (χ0v) is 19.2. The third-order valence-electron chi connectivity index (χ3n) is 3.21. The van der Waals surface area contributed by atoms with Crippen LogP contribution in [0.25, 0.3) is 0 Å². The maximum absolute atomic E-state index is 10.7. The van der Waals surface area contributed by atoms with Gasteiger partial charge in [0, 0.05) is 0 Å². The summed E-state index contributed by atoms with van der Waals surface area (Å²) in [6.45, 7) is 6.96. The summed E-state index contributed by atoms with van der Waals surface area (Å²) in [6, 6.07) is 12.2. The molecule has 0 aliphatic heterocycles. The van der Waals surface area contributed by atoms with Crippen LogP contribution >= 0.6 is 0 Å². The first kappa shape index (κ1) is 25.4. The Morgan fingerprint density at radius 3 is 1.26 bits per heavy atom. The fraction of sp³-hybridized carbons (Fsp3) is 0.111. The summed E-state index contributed by atoms with van der Waals surface area (Å²) >= 11 is 0. The molecule has 0 unspecified atom stereocenters. The minimum atomic E-state index is -4.35. The van der Waals surface area contributed by atoms with Crippen molar-refractivity contribution in [3.8, 4) is 0 Å². The number of hydrogen-bond acceptors (Lipinski definition) is 6. The van der Waals surface area contributed by atoms with Gasteiger partial charge in [0.25, 0.3) is 0 Å². The van der Waals surface area contributed by atoms with Crippen LogP contribution in [0.2, 0.25) is 0 Å². The summed E-state index contributed by atoms with van der Waals surface area (Å²) in [5.41, 5.74) is 0.986. The molecular weight excluding hydrogens is 442 g/mol. The standard InChI is InChI=1S/2C9H10O3S.Zn/c2*1-2-5-8-6-3-4-7-9(8)13(10,11)12;/h2*2-4,6-7H,1,5H2,(H,10,11,12);/q;;+2/p-2. The van der Waals surface area contributed by atoms with Crippen molar-refractivity contribution in [1.29, 1.82) is 0 Å². The number of rotatable bonds is 6. The number of benzene rings is 2. The van der Waals surface area contributed by atoms with Crippen LogP contribution in [0, 0.1) is 0 Å². The van der Waals surface area contributed by atoms with Gasteiger partial charge in [-0.25, -0.2) is 16.8 Å². The van der Waals surface area contributed by atoms with Crippen molar-refractivity contribution >= 4 is 20.2 Å². The van der Waals surface area contributed by atoms with Gasteiger partial charge in [-0.1, -0.05) is 48.6 Å². The minimum Gasteiger partial charge on any atom is -0.744 e. The molecule has 2 rings (SSSR count). The molecule has 2 aromatic rings. The first-order valence-corrected chi connectivity index (χ1v) is 10.2. The second-order valence-electron chi connectivity index (χ2n) is 5.11. The molecule has 0 saturated carbocycles. The van der Waals surface area contributed by atoms with E-state index in [1.807, 2.05) is 0 Å². The van der Waals surface area contributed by atoms with Crippen LogP contribution in [0.1, 0.15) is 11.1 Å². The fourth-order valence-electron chi connectivity index (χ4n) is 2.14. The van der Waals surface area contributed by atoms with Crippen LogP contribution in [0.3, 0.4) is 0 Å². The molecule has 0 heterocycles. The third-order valence-corrected chi connectivity index (χ3v) is 5.09. The quantitative estimate of drug-likeness (QED) is 0.372. The van der Waals surface area contributed by atoms with Gasteiger partial charge in [0.1, 0.15) is 20.2 Å². The predicted molar refractivity (Wildman–Crippen MR) is 96.6 cm³/mol. The van der Waals surface area contributed by atoms with Crippen LogP contribution in [0.5, 0.6) is 0 Å². The van der Waals surface area contributed by atoms with E-state index in [0.29, 0.717) is 24.0 Å². The van der Waals surface area contributed by atoms with Crippen LogP contribution in [-0.4, -0.2) is 25.9 Å². The second-order valence-corrected chi connectivity index (χ2v) is 7.81. The van der Waals surface area contributed by atoms with Gasteiger partial charge in [-0.15, -0.1) is 13.2 Å². The topological polar surface area (TPSA) is 114 Å². The molecule has 0 aliphatic rings. The van der Waals surface area contributed by atoms with Crippen molar-refractivity contribution in [2.24, 2.45) is 0 Å². The SMILES string of the molecule is C=CCc1ccccc1S(=O)(=O)[O-].C=CCc1ccccc1S(=O)(=O)[O-].[Zn+2]. The van der Waals surface area contributed by atoms with Crippen molar-refractivity contribution in [2.75, 3.05) is 0 Å². The first-order chi connectivity index (χ1) is 12.1. The van der Waals surface area contributed by atoms with Gasteiger partial charge in [0.2, 0.25) is 0 Å². The smallest absolute Gasteiger partial charge is 0.744 e. The van der Waals surface area contributed by atoms with Crippen molar-refractivity contribution in [2.45, 2.75) is 22.6 Å². The van der Waals surface area contributed by atoms with Crippen LogP contribution in [0.15, 0.2) is 83.6 Å². The molecule has 9 heteroatoms. The molecule has 0 fully saturated rings. The van der Waals surface area contributed by atoms with Crippen molar-refractivity contribution in [3.05, 3.63) is 85.0 Å². The van der Waals surface area contributed by atoms with E-state index in [1.165, 1.54) is 24.3 Å². The van der Waals surface area contributed by atoms with Crippen molar-refractivity contribution in [3.63, 3.8) is 0 Å². The van der Waals surface area contributed by atoms with Gasteiger partial charge >= 0.3 is 19.5 Å². The molecule has 0 radical (unpaired) electrons. The monoisotopic (exact) mass is 458 g/mol. The molecule has 0 N–H and O–H groups in total. The van der Waals surface area contributed by atoms with E-state index >= 15 is 0 Å². The number of hydrogen-bond donors (Lipinski definition) is 0. The van der Waals surface area contributed by atoms with Gasteiger partial charge in [0.15, 0.2) is 0 Å². The Morgan fingerprint density at radius 2 is 1.00 bits per heavy atom. The van der Waals surface area contributed by atoms with Gasteiger partial charge in [-0.2, -0.15) is 0 Å². The Labute approximate surface area is 172 Å². The molecular formula is C18H18O6S2Zn. The van der Waals surface area contributed by atoms with Crippen LogP contribution in [-0.2, 0) is 52.6 Å². The van der Waals surface area contributed by atoms with Gasteiger partial charge in [-0.3, -0.25) is 0 Å². The largest absolute Gasteiger partial charge is 2.00 e. The van der Waals surface area contributed by atoms with E-state index in [9.17, 15) is 25.9 Å². The minimum absolute atomic E-state index is 0. The van der Waals surface area contributed by atoms with Crippen LogP contribution < -0.4 is 0 Å². The summed E-state index contributed by atoms with van der Waals surface area (Å²) in [5, 5.41) is 0. The average Bonchev–Trinajstić information content (AvgIpc) is 2.55. The molecule has 2 aromatic carbocycles. The first-order valence-electron chi connectivity index (χ1n) is 7.40. The van der Waals surface area contributed by atoms with E-state index in [1.54, 1.807) is 36.4 Å². The molecule has 0 saturated heterocycles. The summed E-state index contributed by atoms with van der Waals surface area (Å²) < 4.78 is 64.4. The maximum Gasteiger partial charge on any atom is 2.00 e. The molecule has 0 bridgehead atoms. The van der Waals surface area contributed by atoms with Crippen LogP contribution in [0.4, 0.5) is 0 Å². The molecule has 6 nitrogen and oxygen atoms in total. The molecule has 0 amide bonds. The summed E-state index contributed by atoms with van der Waals surface area (Å²) in [6.07, 6.45) is 3.89. The zero-order valence-electron chi connectivity index (χ0n) is 14.6. The van der Waals surface area contributed by atoms with E-state index in [2.05, 4.69) is 13.2 Å². The Morgan fingerprint density at radius 1 is 0.704 bits per heavy atom. The Kier molecular flexibility index (Phi) is 10.6. The molecule has 0 aliphatic carbocycles. The summed E-state index contributed by atoms with van der Waals surface area (Å²) in [7, 11) is -8.71. The second kappa shape index (κ2) is 11.3. The molecule has 0 aromatic heterocycles. The van der Waals surface area contributed by atoms with E-state index in [-0.39, 0.29) is 29.3 Å². The van der Waals surface area contributed by atoms with E-state index in [4.69, 9.17) is 0 Å². The summed E-state index contributed by atoms with van der Waals surface area (Å²) in [5.74, 6) is 0. The van der Waals surface area contributed by atoms with E-state index < -0.39 is 20.2 Å². The zero-order chi connectivity index (χ0) is 19.8. The molecule has 0 atom stereocenters. The molecule has 140 valence electrons. The van der Waals surface area contributed by atoms with Crippen molar-refractivity contribution in [1.82, 2.24) is 0 Å². The molecule has 27 heavy (non-hydrogen) atoms. The van der Waals surface area contributed by atoms with E-state index in [0.717, 1.165) is 0 Å². The Bertz CT molecular complexity index is 901. The third kappa shape index (κ3) is 8.28. The van der Waals surface area contributed by atoms with Gasteiger partial charge in [-0.05, 0) is 36.1 Å². The summed E-state index contributed by atoms with van der Waals surface area (Å²) in [4.78, 5) is -0.315. The van der Waals surface area contributed by atoms with Crippen molar-refractivity contribution < 1.29 is 45.4 Å². The maximum atomic E-state index is 10.7. The molecule has 0 spiro atoms. The predicted octanol–water partition coefficient (Wildman–Crippen LogP) is 2.64. The Hall–Kier alpha value is -1.64. The van der Waals surface area contributed by atoms with Gasteiger partial charge in [0.05, 0.1) is 9.79 Å². The van der Waals surface area contributed by atoms with Gasteiger partial charge < -0.3 is 9.11 Å². The Balaban J connectivity index is 0.000000483. The fourth-order valence-corrected chi connectivity index (χ4v) is 3.58.